The highest BCUT2D eigenvalue weighted by atomic mass is 35.5. The zero-order valence-electron chi connectivity index (χ0n) is 11.6. The first kappa shape index (κ1) is 14.6. The number of alkyl halides is 1. The summed E-state index contributed by atoms with van der Waals surface area (Å²) in [6, 6.07) is 5.69. The lowest BCUT2D eigenvalue weighted by Gasteiger charge is -2.25. The fraction of sp³-hybridized carbons (Fsp3) is 0.500. The molecule has 0 amide bonds. The van der Waals surface area contributed by atoms with E-state index >= 15 is 0 Å². The molecule has 2 rings (SSSR count). The van der Waals surface area contributed by atoms with Gasteiger partial charge in [-0.2, -0.15) is 0 Å². The topological polar surface area (TPSA) is 27.1 Å². The van der Waals surface area contributed by atoms with Gasteiger partial charge in [-0.15, -0.1) is 11.6 Å². The van der Waals surface area contributed by atoms with Crippen LogP contribution in [0.15, 0.2) is 18.2 Å². The lowest BCUT2D eigenvalue weighted by Crippen LogP contribution is -2.29. The number of nitrogens with zero attached hydrogens (tertiary/aromatic N) is 2. The van der Waals surface area contributed by atoms with Crippen molar-refractivity contribution in [2.75, 3.05) is 7.11 Å². The molecule has 2 aromatic rings. The zero-order valence-corrected chi connectivity index (χ0v) is 13.1. The molecule has 1 heterocycles. The highest BCUT2D eigenvalue weighted by Crippen LogP contribution is 2.28. The molecule has 0 bridgehead atoms. The van der Waals surface area contributed by atoms with Crippen molar-refractivity contribution in [2.45, 2.75) is 38.3 Å². The number of ether oxygens (including phenoxy) is 1. The van der Waals surface area contributed by atoms with Crippen LogP contribution in [0.1, 0.15) is 32.0 Å². The van der Waals surface area contributed by atoms with E-state index in [-0.39, 0.29) is 11.0 Å². The van der Waals surface area contributed by atoms with Crippen molar-refractivity contribution in [1.29, 1.82) is 0 Å². The highest BCUT2D eigenvalue weighted by Gasteiger charge is 2.23. The van der Waals surface area contributed by atoms with Crippen molar-refractivity contribution in [1.82, 2.24) is 9.55 Å². The second kappa shape index (κ2) is 5.31. The van der Waals surface area contributed by atoms with E-state index in [0.29, 0.717) is 11.6 Å². The molecule has 0 spiro atoms. The van der Waals surface area contributed by atoms with Crippen LogP contribution >= 0.6 is 23.2 Å². The first-order valence-electron chi connectivity index (χ1n) is 6.19. The zero-order chi connectivity index (χ0) is 14.2. The summed E-state index contributed by atoms with van der Waals surface area (Å²) in [5.41, 5.74) is 1.60. The summed E-state index contributed by atoms with van der Waals surface area (Å²) < 4.78 is 7.60. The Kier molecular flexibility index (Phi) is 4.09. The minimum Gasteiger partial charge on any atom is -0.377 e. The summed E-state index contributed by atoms with van der Waals surface area (Å²) in [5, 5.41) is 0.510. The number of halogens is 2. The molecule has 0 saturated heterocycles. The monoisotopic (exact) mass is 300 g/mol. The standard InChI is InChI=1S/C14H18Cl2N2O/c1-9(15)13-17-11-7-10(16)5-6-12(11)18(13)8-14(2,3)19-4/h5-7,9H,8H2,1-4H3. The Morgan fingerprint density at radius 1 is 1.42 bits per heavy atom. The third kappa shape index (κ3) is 3.04. The Morgan fingerprint density at radius 2 is 2.11 bits per heavy atom. The van der Waals surface area contributed by atoms with E-state index in [2.05, 4.69) is 9.55 Å². The molecule has 1 aromatic heterocycles. The van der Waals surface area contributed by atoms with Gasteiger partial charge in [0.05, 0.1) is 28.6 Å². The van der Waals surface area contributed by atoms with Crippen molar-refractivity contribution < 1.29 is 4.74 Å². The van der Waals surface area contributed by atoms with Crippen molar-refractivity contribution in [3.63, 3.8) is 0 Å². The van der Waals surface area contributed by atoms with Crippen LogP contribution in [0.25, 0.3) is 11.0 Å². The van der Waals surface area contributed by atoms with Gasteiger partial charge < -0.3 is 9.30 Å². The predicted molar refractivity (Wildman–Crippen MR) is 80.1 cm³/mol. The minimum atomic E-state index is -0.284. The van der Waals surface area contributed by atoms with Crippen LogP contribution in [0.4, 0.5) is 0 Å². The van der Waals surface area contributed by atoms with Crippen LogP contribution in [-0.4, -0.2) is 22.3 Å². The molecule has 0 saturated carbocycles. The second-order valence-corrected chi connectivity index (χ2v) is 6.36. The summed E-state index contributed by atoms with van der Waals surface area (Å²) in [7, 11) is 1.71. The lowest BCUT2D eigenvalue weighted by molar-refractivity contribution is 0.00843. The average molecular weight is 301 g/mol. The molecule has 104 valence electrons. The molecule has 3 nitrogen and oxygen atoms in total. The SMILES string of the molecule is COC(C)(C)Cn1c(C(C)Cl)nc2cc(Cl)ccc21. The number of hydrogen-bond donors (Lipinski definition) is 0. The maximum atomic E-state index is 6.23. The van der Waals surface area contributed by atoms with Crippen LogP contribution in [0.5, 0.6) is 0 Å². The van der Waals surface area contributed by atoms with E-state index < -0.39 is 0 Å². The number of fused-ring (bicyclic) bond motifs is 1. The highest BCUT2D eigenvalue weighted by molar-refractivity contribution is 6.31. The molecular formula is C14H18Cl2N2O. The number of imidazole rings is 1. The van der Waals surface area contributed by atoms with E-state index in [1.807, 2.05) is 39.0 Å². The van der Waals surface area contributed by atoms with E-state index in [1.54, 1.807) is 7.11 Å². The van der Waals surface area contributed by atoms with Gasteiger partial charge in [0.2, 0.25) is 0 Å². The molecule has 0 N–H and O–H groups in total. The Hall–Kier alpha value is -0.770. The molecule has 0 aliphatic heterocycles. The summed E-state index contributed by atoms with van der Waals surface area (Å²) in [6.07, 6.45) is 0. The van der Waals surface area contributed by atoms with E-state index in [0.717, 1.165) is 16.9 Å². The van der Waals surface area contributed by atoms with Crippen molar-refractivity contribution in [3.05, 3.63) is 29.0 Å². The van der Waals surface area contributed by atoms with Gasteiger partial charge in [0.15, 0.2) is 0 Å². The molecule has 1 atom stereocenters. The van der Waals surface area contributed by atoms with Crippen molar-refractivity contribution in [3.8, 4) is 0 Å². The van der Waals surface area contributed by atoms with Crippen LogP contribution in [-0.2, 0) is 11.3 Å². The molecule has 1 unspecified atom stereocenters. The smallest absolute Gasteiger partial charge is 0.127 e. The normalized spacial score (nSPS) is 14.0. The van der Waals surface area contributed by atoms with Crippen molar-refractivity contribution >= 4 is 34.2 Å². The molecule has 0 radical (unpaired) electrons. The fourth-order valence-corrected chi connectivity index (χ4v) is 2.37. The third-order valence-corrected chi connectivity index (χ3v) is 3.62. The Labute approximate surface area is 123 Å². The van der Waals surface area contributed by atoms with Gasteiger partial charge in [0, 0.05) is 12.1 Å². The minimum absolute atomic E-state index is 0.168. The van der Waals surface area contributed by atoms with Gasteiger partial charge in [-0.05, 0) is 39.0 Å². The van der Waals surface area contributed by atoms with Gasteiger partial charge in [-0.3, -0.25) is 0 Å². The Balaban J connectivity index is 2.59. The third-order valence-electron chi connectivity index (χ3n) is 3.19. The second-order valence-electron chi connectivity index (χ2n) is 5.27. The summed E-state index contributed by atoms with van der Waals surface area (Å²) in [4.78, 5) is 4.58. The van der Waals surface area contributed by atoms with E-state index in [4.69, 9.17) is 27.9 Å². The fourth-order valence-electron chi connectivity index (χ4n) is 2.04. The number of rotatable bonds is 4. The number of benzene rings is 1. The molecule has 1 aromatic carbocycles. The van der Waals surface area contributed by atoms with Crippen LogP contribution in [0.2, 0.25) is 5.02 Å². The summed E-state index contributed by atoms with van der Waals surface area (Å²) in [6.45, 7) is 6.68. The lowest BCUT2D eigenvalue weighted by atomic mass is 10.1. The van der Waals surface area contributed by atoms with E-state index in [1.165, 1.54) is 0 Å². The number of aromatic nitrogens is 2. The number of methoxy groups -OCH3 is 1. The molecule has 0 aliphatic rings. The predicted octanol–water partition coefficient (Wildman–Crippen LogP) is 4.41. The first-order valence-corrected chi connectivity index (χ1v) is 7.00. The Morgan fingerprint density at radius 3 is 2.68 bits per heavy atom. The van der Waals surface area contributed by atoms with Crippen LogP contribution in [0, 0.1) is 0 Å². The van der Waals surface area contributed by atoms with Gasteiger partial charge >= 0.3 is 0 Å². The summed E-state index contributed by atoms with van der Waals surface area (Å²) in [5.74, 6) is 0.837. The quantitative estimate of drug-likeness (QED) is 0.782. The maximum Gasteiger partial charge on any atom is 0.127 e. The molecule has 5 heteroatoms. The van der Waals surface area contributed by atoms with Gasteiger partial charge in [0.1, 0.15) is 5.82 Å². The van der Waals surface area contributed by atoms with Gasteiger partial charge in [-0.1, -0.05) is 11.6 Å². The van der Waals surface area contributed by atoms with Crippen LogP contribution < -0.4 is 0 Å². The molecular weight excluding hydrogens is 283 g/mol. The Bertz CT molecular complexity index is 590. The molecule has 0 fully saturated rings. The van der Waals surface area contributed by atoms with Gasteiger partial charge in [0.25, 0.3) is 0 Å². The van der Waals surface area contributed by atoms with Crippen molar-refractivity contribution in [2.24, 2.45) is 0 Å². The molecule has 0 aliphatic carbocycles. The van der Waals surface area contributed by atoms with E-state index in [9.17, 15) is 0 Å². The number of hydrogen-bond acceptors (Lipinski definition) is 2. The largest absolute Gasteiger partial charge is 0.377 e. The van der Waals surface area contributed by atoms with Gasteiger partial charge in [-0.25, -0.2) is 4.98 Å². The maximum absolute atomic E-state index is 6.23. The summed E-state index contributed by atoms with van der Waals surface area (Å²) >= 11 is 12.2. The molecule has 19 heavy (non-hydrogen) atoms. The first-order chi connectivity index (χ1) is 8.84. The van der Waals surface area contributed by atoms with Crippen LogP contribution in [0.3, 0.4) is 0 Å². The average Bonchev–Trinajstić information content (AvgIpc) is 2.67.